The fraction of sp³-hybridized carbons (Fsp3) is 0.0500. The SMILES string of the molecule is O=C(NC(=O)c1c(Cl)cccc1Cl)Nc1ccc(Sc2ccc(C(F)(F)F)c(Cl)c2)cn1. The number of imide groups is 1. The van der Waals surface area contributed by atoms with Gasteiger partial charge in [0.15, 0.2) is 0 Å². The van der Waals surface area contributed by atoms with E-state index in [0.29, 0.717) is 9.79 Å². The van der Waals surface area contributed by atoms with Gasteiger partial charge in [0.1, 0.15) is 5.82 Å². The van der Waals surface area contributed by atoms with Crippen LogP contribution < -0.4 is 10.6 Å². The summed E-state index contributed by atoms with van der Waals surface area (Å²) in [6, 6.07) is 10.1. The third-order valence-corrected chi connectivity index (χ3v) is 5.79. The van der Waals surface area contributed by atoms with E-state index in [9.17, 15) is 22.8 Å². The van der Waals surface area contributed by atoms with Crippen LogP contribution in [0.5, 0.6) is 0 Å². The number of nitrogens with one attached hydrogen (secondary N) is 2. The molecule has 0 unspecified atom stereocenters. The van der Waals surface area contributed by atoms with Crippen molar-refractivity contribution < 1.29 is 22.8 Å². The van der Waals surface area contributed by atoms with Crippen molar-refractivity contribution in [1.29, 1.82) is 0 Å². The summed E-state index contributed by atoms with van der Waals surface area (Å²) < 4.78 is 38.4. The number of hydrogen-bond donors (Lipinski definition) is 2. The number of halogens is 6. The molecule has 1 aromatic heterocycles. The molecule has 3 rings (SSSR count). The molecule has 2 aromatic carbocycles. The van der Waals surface area contributed by atoms with E-state index < -0.39 is 28.7 Å². The standard InChI is InChI=1S/C20H11Cl3F3N3O2S/c21-13-2-1-3-14(22)17(13)18(30)29-19(31)28-16-7-5-11(9-27-16)32-10-4-6-12(15(23)8-10)20(24,25)26/h1-9H,(H2,27,28,29,30,31). The second kappa shape index (κ2) is 9.99. The third kappa shape index (κ3) is 6.07. The van der Waals surface area contributed by atoms with Gasteiger partial charge in [-0.3, -0.25) is 15.4 Å². The molecular weight excluding hydrogens is 510 g/mol. The highest BCUT2D eigenvalue weighted by molar-refractivity contribution is 7.99. The predicted molar refractivity (Wildman–Crippen MR) is 118 cm³/mol. The van der Waals surface area contributed by atoms with Crippen LogP contribution >= 0.6 is 46.6 Å². The van der Waals surface area contributed by atoms with E-state index in [2.05, 4.69) is 15.6 Å². The number of nitrogens with zero attached hydrogens (tertiary/aromatic N) is 1. The van der Waals surface area contributed by atoms with Crippen LogP contribution in [0.15, 0.2) is 64.5 Å². The first kappa shape index (κ1) is 24.2. The van der Waals surface area contributed by atoms with Crippen molar-refractivity contribution in [3.63, 3.8) is 0 Å². The van der Waals surface area contributed by atoms with E-state index in [1.165, 1.54) is 36.5 Å². The number of urea groups is 1. The maximum atomic E-state index is 12.8. The predicted octanol–water partition coefficient (Wildman–Crippen LogP) is 7.17. The van der Waals surface area contributed by atoms with Gasteiger partial charge >= 0.3 is 12.2 Å². The Bertz CT molecular complexity index is 1150. The molecule has 5 nitrogen and oxygen atoms in total. The zero-order valence-electron chi connectivity index (χ0n) is 15.6. The Morgan fingerprint density at radius 2 is 1.56 bits per heavy atom. The summed E-state index contributed by atoms with van der Waals surface area (Å²) in [6.07, 6.45) is -3.13. The lowest BCUT2D eigenvalue weighted by Crippen LogP contribution is -2.34. The minimum atomic E-state index is -4.53. The largest absolute Gasteiger partial charge is 0.417 e. The van der Waals surface area contributed by atoms with E-state index in [-0.39, 0.29) is 21.4 Å². The van der Waals surface area contributed by atoms with E-state index >= 15 is 0 Å². The third-order valence-electron chi connectivity index (χ3n) is 3.88. The van der Waals surface area contributed by atoms with Gasteiger partial charge in [0.25, 0.3) is 5.91 Å². The number of pyridine rings is 1. The molecule has 0 radical (unpaired) electrons. The molecule has 0 aliphatic rings. The van der Waals surface area contributed by atoms with E-state index in [1.54, 1.807) is 12.1 Å². The molecule has 0 saturated heterocycles. The van der Waals surface area contributed by atoms with Crippen molar-refractivity contribution in [3.8, 4) is 0 Å². The van der Waals surface area contributed by atoms with Gasteiger partial charge in [-0.1, -0.05) is 52.6 Å². The summed E-state index contributed by atoms with van der Waals surface area (Å²) in [7, 11) is 0. The molecule has 12 heteroatoms. The summed E-state index contributed by atoms with van der Waals surface area (Å²) in [5, 5.41) is 4.25. The van der Waals surface area contributed by atoms with Crippen molar-refractivity contribution >= 4 is 64.3 Å². The first-order valence-corrected chi connectivity index (χ1v) is 10.6. The Morgan fingerprint density at radius 3 is 2.12 bits per heavy atom. The normalized spacial score (nSPS) is 11.2. The highest BCUT2D eigenvalue weighted by atomic mass is 35.5. The van der Waals surface area contributed by atoms with Gasteiger partial charge in [-0.25, -0.2) is 9.78 Å². The topological polar surface area (TPSA) is 71.1 Å². The van der Waals surface area contributed by atoms with Crippen LogP contribution in [-0.2, 0) is 6.18 Å². The van der Waals surface area contributed by atoms with Crippen LogP contribution in [0.25, 0.3) is 0 Å². The highest BCUT2D eigenvalue weighted by Gasteiger charge is 2.33. The first-order chi connectivity index (χ1) is 15.0. The van der Waals surface area contributed by atoms with Crippen molar-refractivity contribution in [3.05, 3.63) is 80.9 Å². The number of amides is 3. The number of benzene rings is 2. The van der Waals surface area contributed by atoms with Crippen LogP contribution in [0.3, 0.4) is 0 Å². The molecule has 0 saturated carbocycles. The minimum absolute atomic E-state index is 0.0408. The van der Waals surface area contributed by atoms with Crippen molar-refractivity contribution in [1.82, 2.24) is 10.3 Å². The molecule has 1 heterocycles. The molecule has 32 heavy (non-hydrogen) atoms. The first-order valence-electron chi connectivity index (χ1n) is 8.61. The molecular formula is C20H11Cl3F3N3O2S. The average Bonchev–Trinajstić information content (AvgIpc) is 2.68. The Balaban J connectivity index is 1.62. The quantitative estimate of drug-likeness (QED) is 0.382. The van der Waals surface area contributed by atoms with Crippen LogP contribution in [0.1, 0.15) is 15.9 Å². The monoisotopic (exact) mass is 519 g/mol. The van der Waals surface area contributed by atoms with Crippen molar-refractivity contribution in [2.45, 2.75) is 16.0 Å². The van der Waals surface area contributed by atoms with Gasteiger partial charge in [0.2, 0.25) is 0 Å². The lowest BCUT2D eigenvalue weighted by molar-refractivity contribution is -0.137. The fourth-order valence-corrected chi connectivity index (χ4v) is 4.22. The van der Waals surface area contributed by atoms with Crippen molar-refractivity contribution in [2.24, 2.45) is 0 Å². The fourth-order valence-electron chi connectivity index (χ4n) is 2.47. The Kier molecular flexibility index (Phi) is 7.55. The van der Waals surface area contributed by atoms with Gasteiger partial charge in [-0.15, -0.1) is 0 Å². The second-order valence-electron chi connectivity index (χ2n) is 6.13. The maximum Gasteiger partial charge on any atom is 0.417 e. The Morgan fingerprint density at radius 1 is 0.906 bits per heavy atom. The Labute approximate surface area is 199 Å². The molecule has 0 spiro atoms. The van der Waals surface area contributed by atoms with E-state index in [0.717, 1.165) is 17.8 Å². The van der Waals surface area contributed by atoms with Gasteiger partial charge in [-0.05, 0) is 42.5 Å². The zero-order chi connectivity index (χ0) is 23.5. The van der Waals surface area contributed by atoms with Crippen LogP contribution in [0.4, 0.5) is 23.8 Å². The van der Waals surface area contributed by atoms with Gasteiger partial charge in [0.05, 0.1) is 26.2 Å². The van der Waals surface area contributed by atoms with Gasteiger partial charge < -0.3 is 0 Å². The van der Waals surface area contributed by atoms with Crippen molar-refractivity contribution in [2.75, 3.05) is 5.32 Å². The minimum Gasteiger partial charge on any atom is -0.292 e. The molecule has 166 valence electrons. The number of hydrogen-bond acceptors (Lipinski definition) is 4. The summed E-state index contributed by atoms with van der Waals surface area (Å²) >= 11 is 18.7. The smallest absolute Gasteiger partial charge is 0.292 e. The van der Waals surface area contributed by atoms with Crippen LogP contribution in [0, 0.1) is 0 Å². The number of alkyl halides is 3. The summed E-state index contributed by atoms with van der Waals surface area (Å²) in [6.45, 7) is 0. The lowest BCUT2D eigenvalue weighted by atomic mass is 10.2. The molecule has 0 fully saturated rings. The van der Waals surface area contributed by atoms with E-state index in [1.807, 2.05) is 0 Å². The molecule has 3 amide bonds. The summed E-state index contributed by atoms with van der Waals surface area (Å²) in [4.78, 5) is 29.4. The molecule has 0 aliphatic heterocycles. The highest BCUT2D eigenvalue weighted by Crippen LogP contribution is 2.38. The van der Waals surface area contributed by atoms with Gasteiger partial charge in [-0.2, -0.15) is 13.2 Å². The molecule has 0 atom stereocenters. The number of carbonyl (C=O) groups is 2. The number of carbonyl (C=O) groups excluding carboxylic acids is 2. The second-order valence-corrected chi connectivity index (χ2v) is 8.49. The maximum absolute atomic E-state index is 12.8. The van der Waals surface area contributed by atoms with Gasteiger partial charge in [0, 0.05) is 16.0 Å². The molecule has 2 N–H and O–H groups in total. The Hall–Kier alpha value is -2.46. The molecule has 3 aromatic rings. The van der Waals surface area contributed by atoms with E-state index in [4.69, 9.17) is 34.8 Å². The molecule has 0 aliphatic carbocycles. The lowest BCUT2D eigenvalue weighted by Gasteiger charge is -2.10. The number of aromatic nitrogens is 1. The zero-order valence-corrected chi connectivity index (χ0v) is 18.7. The molecule has 0 bridgehead atoms. The van der Waals surface area contributed by atoms with Crippen LogP contribution in [-0.4, -0.2) is 16.9 Å². The summed E-state index contributed by atoms with van der Waals surface area (Å²) in [5.41, 5.74) is -0.958. The average molecular weight is 521 g/mol. The summed E-state index contributed by atoms with van der Waals surface area (Å²) in [5.74, 6) is -0.653. The van der Waals surface area contributed by atoms with Crippen LogP contribution in [0.2, 0.25) is 15.1 Å². The number of anilines is 1. The number of rotatable bonds is 4.